The molecule has 1 atom stereocenters. The summed E-state index contributed by atoms with van der Waals surface area (Å²) in [6.45, 7) is 1.49. The molecule has 0 unspecified atom stereocenters. The highest BCUT2D eigenvalue weighted by Gasteiger charge is 2.18. The maximum atomic E-state index is 11.5. The van der Waals surface area contributed by atoms with E-state index in [2.05, 4.69) is 15.6 Å². The first kappa shape index (κ1) is 13.9. The maximum absolute atomic E-state index is 11.5. The topological polar surface area (TPSA) is 112 Å². The Kier molecular flexibility index (Phi) is 5.06. The molecule has 1 aromatic rings. The number of nitrogens with zero attached hydrogens (tertiary/aromatic N) is 1. The lowest BCUT2D eigenvalue weighted by atomic mass is 10.2. The molecule has 0 bridgehead atoms. The van der Waals surface area contributed by atoms with Crippen LogP contribution in [0.25, 0.3) is 0 Å². The molecular formula is C11H15N3O4. The normalized spacial score (nSPS) is 11.7. The van der Waals surface area contributed by atoms with Crippen molar-refractivity contribution in [1.82, 2.24) is 10.3 Å². The molecule has 1 aromatic heterocycles. The number of anilines is 1. The van der Waals surface area contributed by atoms with Crippen LogP contribution in [-0.4, -0.2) is 39.8 Å². The standard InChI is InChI=1S/C11H15N3O4/c1-7-2-3-8(6-12-7)13-11(18)14-9(4-5-15)10(16)17/h2-3,6,9,15H,4-5H2,1H3,(H,16,17)(H2,13,14,18)/t9-/m1/s1. The number of nitrogens with one attached hydrogen (secondary N) is 2. The lowest BCUT2D eigenvalue weighted by Crippen LogP contribution is -2.43. The number of aliphatic hydroxyl groups excluding tert-OH is 1. The molecule has 7 heteroatoms. The first-order valence-electron chi connectivity index (χ1n) is 5.36. The molecular weight excluding hydrogens is 238 g/mol. The number of aryl methyl sites for hydroxylation is 1. The molecule has 0 radical (unpaired) electrons. The zero-order valence-corrected chi connectivity index (χ0v) is 9.88. The van der Waals surface area contributed by atoms with Crippen LogP contribution in [0.2, 0.25) is 0 Å². The van der Waals surface area contributed by atoms with Gasteiger partial charge in [-0.1, -0.05) is 0 Å². The molecule has 0 saturated heterocycles. The zero-order chi connectivity index (χ0) is 13.5. The highest BCUT2D eigenvalue weighted by Crippen LogP contribution is 2.05. The Balaban J connectivity index is 2.54. The van der Waals surface area contributed by atoms with Gasteiger partial charge < -0.3 is 20.8 Å². The quantitative estimate of drug-likeness (QED) is 0.605. The SMILES string of the molecule is Cc1ccc(NC(=O)N[C@H](CCO)C(=O)O)cn1. The number of aromatic nitrogens is 1. The van der Waals surface area contributed by atoms with Crippen LogP contribution >= 0.6 is 0 Å². The average Bonchev–Trinajstić information content (AvgIpc) is 2.31. The van der Waals surface area contributed by atoms with Gasteiger partial charge in [0.25, 0.3) is 0 Å². The molecule has 1 rings (SSSR count). The number of carboxylic acid groups (broad SMARTS) is 1. The van der Waals surface area contributed by atoms with Crippen molar-refractivity contribution in [2.75, 3.05) is 11.9 Å². The van der Waals surface area contributed by atoms with Crippen molar-refractivity contribution in [3.05, 3.63) is 24.0 Å². The number of carbonyl (C=O) groups excluding carboxylic acids is 1. The minimum absolute atomic E-state index is 0.0467. The number of aliphatic carboxylic acids is 1. The van der Waals surface area contributed by atoms with Gasteiger partial charge in [0.2, 0.25) is 0 Å². The van der Waals surface area contributed by atoms with E-state index in [0.717, 1.165) is 5.69 Å². The molecule has 18 heavy (non-hydrogen) atoms. The van der Waals surface area contributed by atoms with Crippen LogP contribution in [-0.2, 0) is 4.79 Å². The van der Waals surface area contributed by atoms with E-state index in [1.807, 2.05) is 6.92 Å². The van der Waals surface area contributed by atoms with Crippen LogP contribution in [0.3, 0.4) is 0 Å². The van der Waals surface area contributed by atoms with Gasteiger partial charge in [-0.3, -0.25) is 4.98 Å². The highest BCUT2D eigenvalue weighted by atomic mass is 16.4. The van der Waals surface area contributed by atoms with Gasteiger partial charge in [-0.25, -0.2) is 9.59 Å². The summed E-state index contributed by atoms with van der Waals surface area (Å²) in [6, 6.07) is 1.61. The minimum atomic E-state index is -1.19. The molecule has 7 nitrogen and oxygen atoms in total. The second kappa shape index (κ2) is 6.55. The summed E-state index contributed by atoms with van der Waals surface area (Å²) in [5.74, 6) is -1.19. The van der Waals surface area contributed by atoms with Crippen molar-refractivity contribution in [3.63, 3.8) is 0 Å². The molecule has 0 aliphatic carbocycles. The fourth-order valence-corrected chi connectivity index (χ4v) is 1.25. The third kappa shape index (κ3) is 4.38. The molecule has 0 fully saturated rings. The lowest BCUT2D eigenvalue weighted by Gasteiger charge is -2.13. The van der Waals surface area contributed by atoms with E-state index in [4.69, 9.17) is 10.2 Å². The summed E-state index contributed by atoms with van der Waals surface area (Å²) in [5.41, 5.74) is 1.27. The summed E-state index contributed by atoms with van der Waals surface area (Å²) < 4.78 is 0. The summed E-state index contributed by atoms with van der Waals surface area (Å²) >= 11 is 0. The summed E-state index contributed by atoms with van der Waals surface area (Å²) in [7, 11) is 0. The van der Waals surface area contributed by atoms with Crippen LogP contribution < -0.4 is 10.6 Å². The number of carbonyl (C=O) groups is 2. The average molecular weight is 253 g/mol. The van der Waals surface area contributed by atoms with Gasteiger partial charge in [-0.2, -0.15) is 0 Å². The molecule has 98 valence electrons. The fraction of sp³-hybridized carbons (Fsp3) is 0.364. The Labute approximate surface area is 104 Å². The molecule has 0 spiro atoms. The van der Waals surface area contributed by atoms with E-state index in [9.17, 15) is 9.59 Å². The van der Waals surface area contributed by atoms with E-state index in [1.54, 1.807) is 12.1 Å². The van der Waals surface area contributed by atoms with Gasteiger partial charge in [0, 0.05) is 18.7 Å². The molecule has 0 aliphatic heterocycles. The monoisotopic (exact) mass is 253 g/mol. The first-order chi connectivity index (χ1) is 8.52. The summed E-state index contributed by atoms with van der Waals surface area (Å²) in [6.07, 6.45) is 1.42. The molecule has 2 amide bonds. The molecule has 0 aromatic carbocycles. The first-order valence-corrected chi connectivity index (χ1v) is 5.36. The largest absolute Gasteiger partial charge is 0.480 e. The Morgan fingerprint density at radius 3 is 2.67 bits per heavy atom. The second-order valence-electron chi connectivity index (χ2n) is 3.69. The van der Waals surface area contributed by atoms with Crippen molar-refractivity contribution in [3.8, 4) is 0 Å². The number of amides is 2. The molecule has 4 N–H and O–H groups in total. The maximum Gasteiger partial charge on any atom is 0.326 e. The fourth-order valence-electron chi connectivity index (χ4n) is 1.25. The Morgan fingerprint density at radius 1 is 1.44 bits per heavy atom. The number of hydrogen-bond acceptors (Lipinski definition) is 4. The number of urea groups is 1. The Bertz CT molecular complexity index is 419. The van der Waals surface area contributed by atoms with Crippen LogP contribution in [0.1, 0.15) is 12.1 Å². The summed E-state index contributed by atoms with van der Waals surface area (Å²) in [4.78, 5) is 26.2. The predicted molar refractivity (Wildman–Crippen MR) is 64.3 cm³/mol. The summed E-state index contributed by atoms with van der Waals surface area (Å²) in [5, 5.41) is 22.2. The van der Waals surface area contributed by atoms with Crippen molar-refractivity contribution >= 4 is 17.7 Å². The molecule has 0 aliphatic rings. The van der Waals surface area contributed by atoms with Crippen molar-refractivity contribution in [1.29, 1.82) is 0 Å². The van der Waals surface area contributed by atoms with Crippen LogP contribution in [0, 0.1) is 6.92 Å². The van der Waals surface area contributed by atoms with Gasteiger partial charge in [0.1, 0.15) is 6.04 Å². The van der Waals surface area contributed by atoms with E-state index < -0.39 is 18.0 Å². The Hall–Kier alpha value is -2.15. The number of hydrogen-bond donors (Lipinski definition) is 4. The highest BCUT2D eigenvalue weighted by molar-refractivity contribution is 5.92. The molecule has 1 heterocycles. The van der Waals surface area contributed by atoms with Gasteiger partial charge in [0.05, 0.1) is 11.9 Å². The third-order valence-corrected chi connectivity index (χ3v) is 2.19. The van der Waals surface area contributed by atoms with E-state index in [-0.39, 0.29) is 13.0 Å². The van der Waals surface area contributed by atoms with E-state index >= 15 is 0 Å². The van der Waals surface area contributed by atoms with Gasteiger partial charge in [0.15, 0.2) is 0 Å². The van der Waals surface area contributed by atoms with Gasteiger partial charge in [-0.15, -0.1) is 0 Å². The predicted octanol–water partition coefficient (Wildman–Crippen LogP) is 0.347. The number of carboxylic acids is 1. The lowest BCUT2D eigenvalue weighted by molar-refractivity contribution is -0.139. The van der Waals surface area contributed by atoms with Gasteiger partial charge >= 0.3 is 12.0 Å². The van der Waals surface area contributed by atoms with Crippen molar-refractivity contribution in [2.45, 2.75) is 19.4 Å². The van der Waals surface area contributed by atoms with E-state index in [0.29, 0.717) is 5.69 Å². The number of pyridine rings is 1. The van der Waals surface area contributed by atoms with Crippen molar-refractivity contribution < 1.29 is 19.8 Å². The Morgan fingerprint density at radius 2 is 2.17 bits per heavy atom. The number of aliphatic hydroxyl groups is 1. The number of rotatable bonds is 5. The third-order valence-electron chi connectivity index (χ3n) is 2.19. The smallest absolute Gasteiger partial charge is 0.326 e. The van der Waals surface area contributed by atoms with E-state index in [1.165, 1.54) is 6.20 Å². The van der Waals surface area contributed by atoms with Crippen molar-refractivity contribution in [2.24, 2.45) is 0 Å². The van der Waals surface area contributed by atoms with Crippen LogP contribution in [0.4, 0.5) is 10.5 Å². The van der Waals surface area contributed by atoms with Crippen LogP contribution in [0.15, 0.2) is 18.3 Å². The second-order valence-corrected chi connectivity index (χ2v) is 3.69. The zero-order valence-electron chi connectivity index (χ0n) is 9.88. The van der Waals surface area contributed by atoms with Crippen LogP contribution in [0.5, 0.6) is 0 Å². The van der Waals surface area contributed by atoms with Gasteiger partial charge in [-0.05, 0) is 19.1 Å². The molecule has 0 saturated carbocycles. The minimum Gasteiger partial charge on any atom is -0.480 e.